The summed E-state index contributed by atoms with van der Waals surface area (Å²) in [4.78, 5) is 12.0. The second-order valence-electron chi connectivity index (χ2n) is 4.78. The Bertz CT molecular complexity index is 669. The molecule has 3 nitrogen and oxygen atoms in total. The number of hydrogen-bond acceptors (Lipinski definition) is 2. The molecule has 1 amide bonds. The topological polar surface area (TPSA) is 38.3 Å². The Hall–Kier alpha value is -2.21. The second-order valence-corrected chi connectivity index (χ2v) is 5.21. The summed E-state index contributed by atoms with van der Waals surface area (Å²) in [5.41, 5.74) is -0.231. The van der Waals surface area contributed by atoms with Crippen molar-refractivity contribution in [1.29, 1.82) is 0 Å². The van der Waals surface area contributed by atoms with Gasteiger partial charge in [0.15, 0.2) is 6.10 Å². The van der Waals surface area contributed by atoms with E-state index < -0.39 is 23.8 Å². The number of rotatable bonds is 4. The minimum absolute atomic E-state index is 0.178. The lowest BCUT2D eigenvalue weighted by atomic mass is 10.2. The van der Waals surface area contributed by atoms with E-state index in [4.69, 9.17) is 16.3 Å². The Morgan fingerprint density at radius 2 is 1.65 bits per heavy atom. The van der Waals surface area contributed by atoms with Gasteiger partial charge in [-0.05, 0) is 55.5 Å². The third-order valence-electron chi connectivity index (χ3n) is 2.98. The SMILES string of the molecule is C[C@@H](Oc1ccc(C(F)(F)F)cc1)C(=O)Nc1ccc(Cl)cc1. The zero-order valence-electron chi connectivity index (χ0n) is 12.0. The second kappa shape index (κ2) is 6.91. The molecule has 2 aromatic carbocycles. The number of anilines is 1. The third-order valence-corrected chi connectivity index (χ3v) is 3.23. The number of carbonyl (C=O) groups excluding carboxylic acids is 1. The van der Waals surface area contributed by atoms with E-state index in [1.807, 2.05) is 0 Å². The molecule has 0 aliphatic rings. The predicted octanol–water partition coefficient (Wildman–Crippen LogP) is 4.76. The predicted molar refractivity (Wildman–Crippen MR) is 81.6 cm³/mol. The Kier molecular flexibility index (Phi) is 5.15. The van der Waals surface area contributed by atoms with Crippen LogP contribution in [0.5, 0.6) is 5.75 Å². The summed E-state index contributed by atoms with van der Waals surface area (Å²) in [6.45, 7) is 1.50. The molecule has 122 valence electrons. The highest BCUT2D eigenvalue weighted by Crippen LogP contribution is 2.30. The van der Waals surface area contributed by atoms with E-state index in [0.29, 0.717) is 10.7 Å². The normalized spacial score (nSPS) is 12.6. The summed E-state index contributed by atoms with van der Waals surface area (Å²) < 4.78 is 42.7. The average Bonchev–Trinajstić information content (AvgIpc) is 2.49. The number of carbonyl (C=O) groups is 1. The van der Waals surface area contributed by atoms with Crippen molar-refractivity contribution in [3.8, 4) is 5.75 Å². The van der Waals surface area contributed by atoms with Gasteiger partial charge in [0.2, 0.25) is 0 Å². The Morgan fingerprint density at radius 3 is 2.17 bits per heavy atom. The molecule has 0 bridgehead atoms. The minimum atomic E-state index is -4.41. The van der Waals surface area contributed by atoms with E-state index in [0.717, 1.165) is 12.1 Å². The molecule has 1 atom stereocenters. The maximum Gasteiger partial charge on any atom is 0.416 e. The minimum Gasteiger partial charge on any atom is -0.481 e. The first-order valence-corrected chi connectivity index (χ1v) is 7.04. The quantitative estimate of drug-likeness (QED) is 0.868. The van der Waals surface area contributed by atoms with Crippen LogP contribution in [0.25, 0.3) is 0 Å². The van der Waals surface area contributed by atoms with E-state index in [1.54, 1.807) is 24.3 Å². The molecule has 0 spiro atoms. The zero-order chi connectivity index (χ0) is 17.0. The van der Waals surface area contributed by atoms with Gasteiger partial charge in [-0.25, -0.2) is 0 Å². The van der Waals surface area contributed by atoms with Gasteiger partial charge < -0.3 is 10.1 Å². The maximum atomic E-state index is 12.5. The first-order chi connectivity index (χ1) is 10.8. The lowest BCUT2D eigenvalue weighted by Gasteiger charge is -2.15. The molecule has 0 fully saturated rings. The van der Waals surface area contributed by atoms with Crippen molar-refractivity contribution in [2.24, 2.45) is 0 Å². The van der Waals surface area contributed by atoms with Crippen molar-refractivity contribution in [3.63, 3.8) is 0 Å². The molecule has 0 saturated carbocycles. The number of hydrogen-bond donors (Lipinski definition) is 1. The van der Waals surface area contributed by atoms with Crippen molar-refractivity contribution in [2.75, 3.05) is 5.32 Å². The number of halogens is 4. The molecule has 0 aliphatic heterocycles. The fraction of sp³-hybridized carbons (Fsp3) is 0.188. The molecule has 0 saturated heterocycles. The highest BCUT2D eigenvalue weighted by Gasteiger charge is 2.30. The van der Waals surface area contributed by atoms with E-state index >= 15 is 0 Å². The van der Waals surface area contributed by atoms with Gasteiger partial charge in [0.05, 0.1) is 5.56 Å². The van der Waals surface area contributed by atoms with Crippen molar-refractivity contribution in [2.45, 2.75) is 19.2 Å². The van der Waals surface area contributed by atoms with E-state index in [1.165, 1.54) is 19.1 Å². The molecule has 0 aliphatic carbocycles. The molecule has 7 heteroatoms. The van der Waals surface area contributed by atoms with Gasteiger partial charge in [0, 0.05) is 10.7 Å². The summed E-state index contributed by atoms with van der Waals surface area (Å²) in [5.74, 6) is -0.246. The van der Waals surface area contributed by atoms with Crippen molar-refractivity contribution >= 4 is 23.2 Å². The van der Waals surface area contributed by atoms with E-state index in [-0.39, 0.29) is 5.75 Å². The van der Waals surface area contributed by atoms with Crippen LogP contribution in [0.3, 0.4) is 0 Å². The van der Waals surface area contributed by atoms with Gasteiger partial charge in [-0.3, -0.25) is 4.79 Å². The molecule has 2 aromatic rings. The van der Waals surface area contributed by atoms with Crippen LogP contribution in [0, 0.1) is 0 Å². The fourth-order valence-electron chi connectivity index (χ4n) is 1.76. The Morgan fingerprint density at radius 1 is 1.09 bits per heavy atom. The highest BCUT2D eigenvalue weighted by molar-refractivity contribution is 6.30. The first kappa shape index (κ1) is 17.1. The molecule has 0 aromatic heterocycles. The van der Waals surface area contributed by atoms with Crippen LogP contribution in [0.1, 0.15) is 12.5 Å². The lowest BCUT2D eigenvalue weighted by molar-refractivity contribution is -0.137. The number of nitrogens with one attached hydrogen (secondary N) is 1. The number of amides is 1. The molecule has 23 heavy (non-hydrogen) atoms. The van der Waals surface area contributed by atoms with Crippen LogP contribution in [0.4, 0.5) is 18.9 Å². The molecule has 0 unspecified atom stereocenters. The molecular formula is C16H13ClF3NO2. The van der Waals surface area contributed by atoms with Crippen LogP contribution < -0.4 is 10.1 Å². The van der Waals surface area contributed by atoms with Crippen LogP contribution in [-0.4, -0.2) is 12.0 Å². The van der Waals surface area contributed by atoms with Crippen LogP contribution in [0.2, 0.25) is 5.02 Å². The third kappa shape index (κ3) is 4.89. The molecular weight excluding hydrogens is 331 g/mol. The molecule has 0 radical (unpaired) electrons. The van der Waals surface area contributed by atoms with Crippen LogP contribution in [0.15, 0.2) is 48.5 Å². The van der Waals surface area contributed by atoms with Gasteiger partial charge in [0.1, 0.15) is 5.75 Å². The monoisotopic (exact) mass is 343 g/mol. The number of alkyl halides is 3. The van der Waals surface area contributed by atoms with Crippen LogP contribution >= 0.6 is 11.6 Å². The van der Waals surface area contributed by atoms with E-state index in [9.17, 15) is 18.0 Å². The zero-order valence-corrected chi connectivity index (χ0v) is 12.8. The Balaban J connectivity index is 1.96. The summed E-state index contributed by atoms with van der Waals surface area (Å²) in [7, 11) is 0. The molecule has 0 heterocycles. The maximum absolute atomic E-state index is 12.5. The summed E-state index contributed by atoms with van der Waals surface area (Å²) in [6.07, 6.45) is -5.28. The van der Waals surface area contributed by atoms with E-state index in [2.05, 4.69) is 5.32 Å². The Labute approximate surface area is 136 Å². The average molecular weight is 344 g/mol. The van der Waals surface area contributed by atoms with Gasteiger partial charge in [0.25, 0.3) is 5.91 Å². The molecule has 2 rings (SSSR count). The van der Waals surface area contributed by atoms with Gasteiger partial charge >= 0.3 is 6.18 Å². The van der Waals surface area contributed by atoms with Crippen molar-refractivity contribution in [1.82, 2.24) is 0 Å². The summed E-state index contributed by atoms with van der Waals surface area (Å²) >= 11 is 5.75. The first-order valence-electron chi connectivity index (χ1n) is 6.66. The van der Waals surface area contributed by atoms with Crippen LogP contribution in [-0.2, 0) is 11.0 Å². The van der Waals surface area contributed by atoms with Gasteiger partial charge in [-0.15, -0.1) is 0 Å². The smallest absolute Gasteiger partial charge is 0.416 e. The van der Waals surface area contributed by atoms with Crippen molar-refractivity contribution in [3.05, 3.63) is 59.1 Å². The fourth-order valence-corrected chi connectivity index (χ4v) is 1.88. The highest BCUT2D eigenvalue weighted by atomic mass is 35.5. The molecule has 1 N–H and O–H groups in total. The summed E-state index contributed by atoms with van der Waals surface area (Å²) in [6, 6.07) is 10.7. The number of ether oxygens (including phenoxy) is 1. The van der Waals surface area contributed by atoms with Gasteiger partial charge in [-0.1, -0.05) is 11.6 Å². The summed E-state index contributed by atoms with van der Waals surface area (Å²) in [5, 5.41) is 3.16. The standard InChI is InChI=1S/C16H13ClF3NO2/c1-10(15(22)21-13-6-4-12(17)5-7-13)23-14-8-2-11(3-9-14)16(18,19)20/h2-10H,1H3,(H,21,22)/t10-/m1/s1. The lowest BCUT2D eigenvalue weighted by Crippen LogP contribution is -2.30. The number of benzene rings is 2. The van der Waals surface area contributed by atoms with Crippen molar-refractivity contribution < 1.29 is 22.7 Å². The van der Waals surface area contributed by atoms with Gasteiger partial charge in [-0.2, -0.15) is 13.2 Å². The largest absolute Gasteiger partial charge is 0.481 e.